The molecule has 0 bridgehead atoms. The van der Waals surface area contributed by atoms with Gasteiger partial charge in [0.1, 0.15) is 0 Å². The van der Waals surface area contributed by atoms with Crippen molar-refractivity contribution >= 4 is 0 Å². The van der Waals surface area contributed by atoms with Crippen LogP contribution < -0.4 is 51.4 Å². The molecule has 0 aromatic rings. The molecule has 1 heteroatoms. The van der Waals surface area contributed by atoms with Gasteiger partial charge in [-0.3, -0.25) is 0 Å². The molecule has 0 spiro atoms. The van der Waals surface area contributed by atoms with Crippen molar-refractivity contribution in [1.82, 2.24) is 0 Å². The van der Waals surface area contributed by atoms with Crippen molar-refractivity contribution in [3.63, 3.8) is 0 Å². The summed E-state index contributed by atoms with van der Waals surface area (Å²) in [6.45, 7) is 0. The van der Waals surface area contributed by atoms with Gasteiger partial charge in [-0.15, -0.1) is 0 Å². The molecule has 0 N–H and O–H groups in total. The van der Waals surface area contributed by atoms with Crippen LogP contribution in [0.1, 0.15) is 91.3 Å². The Morgan fingerprint density at radius 3 is 1.24 bits per heavy atom. The van der Waals surface area contributed by atoms with Crippen LogP contribution in [0.15, 0.2) is 24.3 Å². The molecule has 2 aliphatic carbocycles. The molecule has 0 saturated heterocycles. The molecule has 0 aromatic heterocycles. The maximum absolute atomic E-state index is 2.43. The summed E-state index contributed by atoms with van der Waals surface area (Å²) in [5, 5.41) is 0. The van der Waals surface area contributed by atoms with Crippen LogP contribution in [0.2, 0.25) is 0 Å². The fourth-order valence-corrected chi connectivity index (χ4v) is 4.04. The molecule has 0 aromatic carbocycles. The number of rotatable bonds is 1. The van der Waals surface area contributed by atoms with E-state index in [0.717, 1.165) is 11.8 Å². The van der Waals surface area contributed by atoms with Crippen LogP contribution in [-0.4, -0.2) is 0 Å². The van der Waals surface area contributed by atoms with Crippen molar-refractivity contribution in [2.45, 2.75) is 89.9 Å². The van der Waals surface area contributed by atoms with Crippen LogP contribution in [-0.2, 0) is 0 Å². The molecule has 0 nitrogen and oxygen atoms in total. The van der Waals surface area contributed by atoms with Gasteiger partial charge in [-0.05, 0) is 76.0 Å². The van der Waals surface area contributed by atoms with Crippen LogP contribution >= 0.6 is 0 Å². The maximum Gasteiger partial charge on any atom is 1.00 e. The van der Waals surface area contributed by atoms with Crippen molar-refractivity contribution in [3.8, 4) is 0 Å². The van der Waals surface area contributed by atoms with Crippen LogP contribution in [0.5, 0.6) is 0 Å². The summed E-state index contributed by atoms with van der Waals surface area (Å²) < 4.78 is 0. The van der Waals surface area contributed by atoms with Crippen LogP contribution in [0, 0.1) is 11.8 Å². The second-order valence-electron chi connectivity index (χ2n) is 6.89. The van der Waals surface area contributed by atoms with E-state index in [0.29, 0.717) is 0 Å². The molecule has 2 atom stereocenters. The minimum atomic E-state index is 0. The molecule has 116 valence electrons. The van der Waals surface area contributed by atoms with Gasteiger partial charge >= 0.3 is 51.4 Å². The van der Waals surface area contributed by atoms with Crippen molar-refractivity contribution < 1.29 is 52.8 Å². The van der Waals surface area contributed by atoms with Gasteiger partial charge in [-0.25, -0.2) is 0 Å². The Balaban J connectivity index is 0.00000220. The first-order chi connectivity index (χ1) is 9.97. The standard InChI is InChI=1S/C20H34.K.H/c1-3-7-11-15-19(16-12-8-4-1)20-17-13-9-5-2-6-10-14-18-20;;/h1-3,5,19-20H,4,6-18H2;;/q;+1;-1/b3-1-,5-2?;;. The monoisotopic (exact) mass is 314 g/mol. The second kappa shape index (κ2) is 13.5. The smallest absolute Gasteiger partial charge is 1.00 e. The van der Waals surface area contributed by atoms with Crippen LogP contribution in [0.4, 0.5) is 0 Å². The van der Waals surface area contributed by atoms with Crippen molar-refractivity contribution in [2.24, 2.45) is 11.8 Å². The van der Waals surface area contributed by atoms with E-state index < -0.39 is 0 Å². The minimum Gasteiger partial charge on any atom is -1.00 e. The molecule has 2 aliphatic rings. The van der Waals surface area contributed by atoms with Gasteiger partial charge in [0, 0.05) is 0 Å². The van der Waals surface area contributed by atoms with E-state index in [9.17, 15) is 0 Å². The summed E-state index contributed by atoms with van der Waals surface area (Å²) in [6.07, 6.45) is 29.6. The van der Waals surface area contributed by atoms with Crippen LogP contribution in [0.3, 0.4) is 0 Å². The molecular weight excluding hydrogens is 279 g/mol. The molecule has 21 heavy (non-hydrogen) atoms. The zero-order valence-corrected chi connectivity index (χ0v) is 17.5. The third-order valence-electron chi connectivity index (χ3n) is 5.28. The van der Waals surface area contributed by atoms with Gasteiger partial charge in [-0.1, -0.05) is 50.0 Å². The Hall–Kier alpha value is 1.12. The second-order valence-corrected chi connectivity index (χ2v) is 6.89. The minimum absolute atomic E-state index is 0. The van der Waals surface area contributed by atoms with E-state index in [-0.39, 0.29) is 52.8 Å². The fraction of sp³-hybridized carbons (Fsp3) is 0.800. The van der Waals surface area contributed by atoms with Gasteiger partial charge in [0.15, 0.2) is 0 Å². The van der Waals surface area contributed by atoms with Crippen molar-refractivity contribution in [3.05, 3.63) is 24.3 Å². The predicted molar refractivity (Wildman–Crippen MR) is 91.0 cm³/mol. The summed E-state index contributed by atoms with van der Waals surface area (Å²) in [6, 6.07) is 0. The quantitative estimate of drug-likeness (QED) is 0.508. The summed E-state index contributed by atoms with van der Waals surface area (Å²) in [5.41, 5.74) is 0. The summed E-state index contributed by atoms with van der Waals surface area (Å²) in [7, 11) is 0. The molecule has 0 heterocycles. The Bertz CT molecular complexity index is 268. The van der Waals surface area contributed by atoms with E-state index in [4.69, 9.17) is 0 Å². The van der Waals surface area contributed by atoms with Gasteiger partial charge in [0.25, 0.3) is 0 Å². The first-order valence-electron chi connectivity index (χ1n) is 9.27. The van der Waals surface area contributed by atoms with Crippen molar-refractivity contribution in [2.75, 3.05) is 0 Å². The molecule has 0 aliphatic heterocycles. The van der Waals surface area contributed by atoms with E-state index in [2.05, 4.69) is 24.3 Å². The van der Waals surface area contributed by atoms with Gasteiger partial charge in [0.05, 0.1) is 0 Å². The van der Waals surface area contributed by atoms with E-state index >= 15 is 0 Å². The maximum atomic E-state index is 2.43. The van der Waals surface area contributed by atoms with E-state index in [1.165, 1.54) is 89.9 Å². The predicted octanol–water partition coefficient (Wildman–Crippen LogP) is 3.94. The average molecular weight is 315 g/mol. The summed E-state index contributed by atoms with van der Waals surface area (Å²) in [5.74, 6) is 2.06. The molecular formula is C20H35K. The third kappa shape index (κ3) is 9.10. The topological polar surface area (TPSA) is 0 Å². The molecule has 2 rings (SSSR count). The molecule has 0 saturated carbocycles. The largest absolute Gasteiger partial charge is 1.00 e. The first kappa shape index (κ1) is 20.2. The summed E-state index contributed by atoms with van der Waals surface area (Å²) >= 11 is 0. The Labute approximate surface area is 177 Å². The van der Waals surface area contributed by atoms with Crippen LogP contribution in [0.25, 0.3) is 0 Å². The van der Waals surface area contributed by atoms with Gasteiger partial charge in [0.2, 0.25) is 0 Å². The third-order valence-corrected chi connectivity index (χ3v) is 5.28. The molecule has 2 unspecified atom stereocenters. The Morgan fingerprint density at radius 2 is 0.810 bits per heavy atom. The number of hydrogen-bond donors (Lipinski definition) is 0. The number of hydrogen-bond acceptors (Lipinski definition) is 0. The van der Waals surface area contributed by atoms with Gasteiger partial charge < -0.3 is 1.43 Å². The SMILES string of the molecule is C1=CCCCC(C2CCC/C=C\CCCC2)CCCC1.[H-].[K+]. The summed E-state index contributed by atoms with van der Waals surface area (Å²) in [4.78, 5) is 0. The first-order valence-corrected chi connectivity index (χ1v) is 9.27. The molecule has 0 fully saturated rings. The Morgan fingerprint density at radius 1 is 0.476 bits per heavy atom. The van der Waals surface area contributed by atoms with E-state index in [1.807, 2.05) is 0 Å². The molecule has 0 amide bonds. The normalized spacial score (nSPS) is 30.9. The zero-order chi connectivity index (χ0) is 13.9. The van der Waals surface area contributed by atoms with Gasteiger partial charge in [-0.2, -0.15) is 0 Å². The zero-order valence-electron chi connectivity index (χ0n) is 15.4. The molecule has 0 radical (unpaired) electrons. The number of allylic oxidation sites excluding steroid dienone is 4. The van der Waals surface area contributed by atoms with Crippen molar-refractivity contribution in [1.29, 1.82) is 0 Å². The fourth-order valence-electron chi connectivity index (χ4n) is 4.04. The van der Waals surface area contributed by atoms with E-state index in [1.54, 1.807) is 0 Å². The Kier molecular flexibility index (Phi) is 13.0. The average Bonchev–Trinajstić information content (AvgIpc) is 2.50.